The Morgan fingerprint density at radius 3 is 2.55 bits per heavy atom. The zero-order valence-corrected chi connectivity index (χ0v) is 12.1. The number of aromatic amines is 1. The lowest BCUT2D eigenvalue weighted by Gasteiger charge is -2.03. The number of hydrogen-bond acceptors (Lipinski definition) is 2. The van der Waals surface area contributed by atoms with Gasteiger partial charge in [0.1, 0.15) is 5.84 Å². The number of para-hydroxylation sites is 1. The normalized spacial score (nSPS) is 10.7. The Labute approximate surface area is 128 Å². The smallest absolute Gasteiger partial charge is 0.165 e. The van der Waals surface area contributed by atoms with E-state index in [1.54, 1.807) is 6.20 Å². The number of nitrogens with one attached hydrogen (secondary N) is 2. The van der Waals surface area contributed by atoms with Gasteiger partial charge in [-0.1, -0.05) is 42.5 Å². The van der Waals surface area contributed by atoms with Gasteiger partial charge in [0.05, 0.1) is 0 Å². The molecule has 0 unspecified atom stereocenters. The average molecular weight is 291 g/mol. The average Bonchev–Trinajstić information content (AvgIpc) is 2.97. The summed E-state index contributed by atoms with van der Waals surface area (Å²) in [6.07, 6.45) is 2.92. The molecule has 0 atom stereocenters. The van der Waals surface area contributed by atoms with E-state index >= 15 is 0 Å². The van der Waals surface area contributed by atoms with Gasteiger partial charge in [0.2, 0.25) is 0 Å². The number of benzene rings is 2. The Morgan fingerprint density at radius 1 is 1.09 bits per heavy atom. The van der Waals surface area contributed by atoms with Crippen LogP contribution in [0.25, 0.3) is 10.9 Å². The van der Waals surface area contributed by atoms with Crippen molar-refractivity contribution < 1.29 is 4.79 Å². The molecular weight excluding hydrogens is 274 g/mol. The molecule has 0 radical (unpaired) electrons. The summed E-state index contributed by atoms with van der Waals surface area (Å²) in [6, 6.07) is 15.3. The number of carbonyl (C=O) groups is 1. The standard InChI is InChI=1S/C18H17N3O/c19-18(20)13-8-5-12(6-9-13)7-10-17(22)15-11-21-16-4-2-1-3-14(15)16/h1-6,8-9,11,21H,7,10H2,(H3,19,20). The third-order valence-corrected chi connectivity index (χ3v) is 3.80. The summed E-state index contributed by atoms with van der Waals surface area (Å²) in [4.78, 5) is 15.5. The highest BCUT2D eigenvalue weighted by atomic mass is 16.1. The van der Waals surface area contributed by atoms with Crippen LogP contribution >= 0.6 is 0 Å². The molecule has 110 valence electrons. The second-order valence-corrected chi connectivity index (χ2v) is 5.28. The van der Waals surface area contributed by atoms with Crippen molar-refractivity contribution in [3.63, 3.8) is 0 Å². The molecule has 1 heterocycles. The Kier molecular flexibility index (Phi) is 3.74. The highest BCUT2D eigenvalue weighted by molar-refractivity contribution is 6.07. The molecule has 0 aliphatic rings. The number of carbonyl (C=O) groups excluding carboxylic acids is 1. The summed E-state index contributed by atoms with van der Waals surface area (Å²) >= 11 is 0. The van der Waals surface area contributed by atoms with Crippen molar-refractivity contribution in [1.82, 2.24) is 4.98 Å². The molecule has 0 amide bonds. The van der Waals surface area contributed by atoms with E-state index in [9.17, 15) is 4.79 Å². The molecule has 0 spiro atoms. The van der Waals surface area contributed by atoms with E-state index in [0.29, 0.717) is 18.4 Å². The van der Waals surface area contributed by atoms with E-state index in [1.165, 1.54) is 0 Å². The van der Waals surface area contributed by atoms with Gasteiger partial charge in [-0.15, -0.1) is 0 Å². The van der Waals surface area contributed by atoms with Gasteiger partial charge in [0.15, 0.2) is 5.78 Å². The quantitative estimate of drug-likeness (QED) is 0.383. The largest absolute Gasteiger partial charge is 0.384 e. The predicted octanol–water partition coefficient (Wildman–Crippen LogP) is 3.27. The van der Waals surface area contributed by atoms with Crippen molar-refractivity contribution in [2.24, 2.45) is 5.73 Å². The van der Waals surface area contributed by atoms with Gasteiger partial charge in [0.25, 0.3) is 0 Å². The second kappa shape index (κ2) is 5.85. The number of amidine groups is 1. The highest BCUT2D eigenvalue weighted by Gasteiger charge is 2.11. The summed E-state index contributed by atoms with van der Waals surface area (Å²) in [6.45, 7) is 0. The van der Waals surface area contributed by atoms with Gasteiger partial charge in [-0.3, -0.25) is 10.2 Å². The molecule has 1 aromatic heterocycles. The van der Waals surface area contributed by atoms with Crippen molar-refractivity contribution in [2.75, 3.05) is 0 Å². The van der Waals surface area contributed by atoms with Gasteiger partial charge in [0, 0.05) is 34.6 Å². The number of nitrogen functional groups attached to an aromatic ring is 1. The predicted molar refractivity (Wildman–Crippen MR) is 88.4 cm³/mol. The minimum absolute atomic E-state index is 0.0569. The molecule has 4 N–H and O–H groups in total. The van der Waals surface area contributed by atoms with Crippen LogP contribution in [-0.2, 0) is 6.42 Å². The zero-order valence-electron chi connectivity index (χ0n) is 12.1. The number of hydrogen-bond donors (Lipinski definition) is 3. The van der Waals surface area contributed by atoms with Crippen molar-refractivity contribution in [2.45, 2.75) is 12.8 Å². The number of aromatic nitrogens is 1. The van der Waals surface area contributed by atoms with Crippen LogP contribution in [0.5, 0.6) is 0 Å². The topological polar surface area (TPSA) is 82.7 Å². The van der Waals surface area contributed by atoms with Gasteiger partial charge in [-0.05, 0) is 18.1 Å². The second-order valence-electron chi connectivity index (χ2n) is 5.28. The number of aryl methyl sites for hydroxylation is 1. The van der Waals surface area contributed by atoms with Crippen molar-refractivity contribution in [3.8, 4) is 0 Å². The maximum atomic E-state index is 12.4. The van der Waals surface area contributed by atoms with Crippen molar-refractivity contribution in [1.29, 1.82) is 5.41 Å². The fourth-order valence-electron chi connectivity index (χ4n) is 2.55. The lowest BCUT2D eigenvalue weighted by atomic mass is 10.0. The lowest BCUT2D eigenvalue weighted by molar-refractivity contribution is 0.0984. The highest BCUT2D eigenvalue weighted by Crippen LogP contribution is 2.20. The Bertz CT molecular complexity index is 831. The molecule has 0 saturated carbocycles. The van der Waals surface area contributed by atoms with Gasteiger partial charge >= 0.3 is 0 Å². The molecule has 4 nitrogen and oxygen atoms in total. The zero-order chi connectivity index (χ0) is 15.5. The summed E-state index contributed by atoms with van der Waals surface area (Å²) < 4.78 is 0. The maximum Gasteiger partial charge on any atom is 0.165 e. The first-order valence-corrected chi connectivity index (χ1v) is 7.18. The first-order valence-electron chi connectivity index (χ1n) is 7.18. The molecule has 0 fully saturated rings. The molecule has 4 heteroatoms. The molecular formula is C18H17N3O. The van der Waals surface area contributed by atoms with Gasteiger partial charge < -0.3 is 10.7 Å². The third kappa shape index (κ3) is 2.76. The number of Topliss-reactive ketones (excluding diaryl/α,β-unsaturated/α-hetero) is 1. The van der Waals surface area contributed by atoms with E-state index in [1.807, 2.05) is 48.5 Å². The minimum Gasteiger partial charge on any atom is -0.384 e. The SMILES string of the molecule is N=C(N)c1ccc(CCC(=O)c2c[nH]c3ccccc23)cc1. The third-order valence-electron chi connectivity index (χ3n) is 3.80. The summed E-state index contributed by atoms with van der Waals surface area (Å²) in [5.41, 5.74) is 8.93. The van der Waals surface area contributed by atoms with Crippen LogP contribution in [0, 0.1) is 5.41 Å². The van der Waals surface area contributed by atoms with Crippen LogP contribution < -0.4 is 5.73 Å². The Balaban J connectivity index is 1.71. The van der Waals surface area contributed by atoms with E-state index < -0.39 is 0 Å². The maximum absolute atomic E-state index is 12.4. The Morgan fingerprint density at radius 2 is 1.82 bits per heavy atom. The monoisotopic (exact) mass is 291 g/mol. The van der Waals surface area contributed by atoms with Crippen LogP contribution in [0.2, 0.25) is 0 Å². The molecule has 2 aromatic carbocycles. The molecule has 3 aromatic rings. The van der Waals surface area contributed by atoms with Gasteiger partial charge in [-0.25, -0.2) is 0 Å². The molecule has 0 saturated heterocycles. The fourth-order valence-corrected chi connectivity index (χ4v) is 2.55. The van der Waals surface area contributed by atoms with Crippen LogP contribution in [0.4, 0.5) is 0 Å². The van der Waals surface area contributed by atoms with E-state index in [2.05, 4.69) is 4.98 Å². The number of rotatable bonds is 5. The van der Waals surface area contributed by atoms with Gasteiger partial charge in [-0.2, -0.15) is 0 Å². The summed E-state index contributed by atoms with van der Waals surface area (Å²) in [5, 5.41) is 8.34. The molecule has 22 heavy (non-hydrogen) atoms. The summed E-state index contributed by atoms with van der Waals surface area (Å²) in [7, 11) is 0. The van der Waals surface area contributed by atoms with Crippen LogP contribution in [-0.4, -0.2) is 16.6 Å². The number of H-pyrrole nitrogens is 1. The summed E-state index contributed by atoms with van der Waals surface area (Å²) in [5.74, 6) is 0.189. The van der Waals surface area contributed by atoms with E-state index in [-0.39, 0.29) is 11.6 Å². The van der Waals surface area contributed by atoms with Crippen molar-refractivity contribution >= 4 is 22.5 Å². The lowest BCUT2D eigenvalue weighted by Crippen LogP contribution is -2.10. The fraction of sp³-hybridized carbons (Fsp3) is 0.111. The first kappa shape index (κ1) is 14.1. The number of ketones is 1. The van der Waals surface area contributed by atoms with Crippen molar-refractivity contribution in [3.05, 3.63) is 71.4 Å². The van der Waals surface area contributed by atoms with E-state index in [0.717, 1.165) is 22.0 Å². The van der Waals surface area contributed by atoms with Crippen LogP contribution in [0.3, 0.4) is 0 Å². The first-order chi connectivity index (χ1) is 10.6. The molecule has 0 aliphatic heterocycles. The van der Waals surface area contributed by atoms with Crippen LogP contribution in [0.15, 0.2) is 54.7 Å². The van der Waals surface area contributed by atoms with Crippen LogP contribution in [0.1, 0.15) is 27.9 Å². The minimum atomic E-state index is 0.0569. The van der Waals surface area contributed by atoms with E-state index in [4.69, 9.17) is 11.1 Å². The number of fused-ring (bicyclic) bond motifs is 1. The number of nitrogens with two attached hydrogens (primary N) is 1. The molecule has 0 bridgehead atoms. The molecule has 3 rings (SSSR count). The Hall–Kier alpha value is -2.88. The molecule has 0 aliphatic carbocycles.